The molecule has 1 aliphatic heterocycles. The molecular weight excluding hydrogens is 362 g/mol. The Bertz CT molecular complexity index is 1020. The average Bonchev–Trinajstić information content (AvgIpc) is 2.96. The topological polar surface area (TPSA) is 62.3 Å². The zero-order valence-corrected chi connectivity index (χ0v) is 16.3. The second kappa shape index (κ2) is 7.87. The molecule has 0 saturated carbocycles. The van der Waals surface area contributed by atoms with Crippen molar-refractivity contribution in [1.29, 1.82) is 0 Å². The van der Waals surface area contributed by atoms with Crippen LogP contribution in [0.2, 0.25) is 0 Å². The molecular formula is C24H23N3O2. The van der Waals surface area contributed by atoms with Gasteiger partial charge in [-0.05, 0) is 35.2 Å². The van der Waals surface area contributed by atoms with Gasteiger partial charge >= 0.3 is 0 Å². The smallest absolute Gasteiger partial charge is 0.238 e. The highest BCUT2D eigenvalue weighted by molar-refractivity contribution is 6.09. The first-order valence-corrected chi connectivity index (χ1v) is 9.67. The number of para-hydroxylation sites is 1. The first-order valence-electron chi connectivity index (χ1n) is 9.67. The lowest BCUT2D eigenvalue weighted by Crippen LogP contribution is -2.44. The third kappa shape index (κ3) is 3.63. The minimum atomic E-state index is -0.911. The van der Waals surface area contributed by atoms with E-state index in [1.807, 2.05) is 66.7 Å². The summed E-state index contributed by atoms with van der Waals surface area (Å²) < 4.78 is 0. The molecule has 1 aromatic heterocycles. The highest BCUT2D eigenvalue weighted by Crippen LogP contribution is 2.45. The summed E-state index contributed by atoms with van der Waals surface area (Å²) in [5.74, 6) is -0.192. The summed E-state index contributed by atoms with van der Waals surface area (Å²) in [4.78, 5) is 32.1. The quantitative estimate of drug-likeness (QED) is 0.709. The lowest BCUT2D eigenvalue weighted by Gasteiger charge is -2.28. The van der Waals surface area contributed by atoms with Crippen molar-refractivity contribution in [3.63, 3.8) is 0 Å². The van der Waals surface area contributed by atoms with Crippen molar-refractivity contribution in [2.75, 3.05) is 11.9 Å². The van der Waals surface area contributed by atoms with Crippen molar-refractivity contribution in [2.45, 2.75) is 24.8 Å². The van der Waals surface area contributed by atoms with Gasteiger partial charge in [-0.25, -0.2) is 0 Å². The van der Waals surface area contributed by atoms with Crippen LogP contribution in [0.15, 0.2) is 79.1 Å². The Morgan fingerprint density at radius 2 is 1.72 bits per heavy atom. The zero-order valence-electron chi connectivity index (χ0n) is 16.3. The van der Waals surface area contributed by atoms with E-state index in [0.29, 0.717) is 13.0 Å². The Labute approximate surface area is 170 Å². The van der Waals surface area contributed by atoms with Crippen LogP contribution in [-0.2, 0) is 28.0 Å². The Kier molecular flexibility index (Phi) is 5.12. The van der Waals surface area contributed by atoms with Gasteiger partial charge in [-0.1, -0.05) is 54.6 Å². The summed E-state index contributed by atoms with van der Waals surface area (Å²) in [6.07, 6.45) is 4.00. The number of anilines is 1. The van der Waals surface area contributed by atoms with E-state index in [1.165, 1.54) is 0 Å². The molecule has 0 radical (unpaired) electrons. The molecule has 29 heavy (non-hydrogen) atoms. The van der Waals surface area contributed by atoms with Crippen LogP contribution in [0.25, 0.3) is 0 Å². The fourth-order valence-corrected chi connectivity index (χ4v) is 4.10. The van der Waals surface area contributed by atoms with E-state index in [1.54, 1.807) is 24.3 Å². The fraction of sp³-hybridized carbons (Fsp3) is 0.208. The van der Waals surface area contributed by atoms with E-state index in [9.17, 15) is 9.59 Å². The van der Waals surface area contributed by atoms with Gasteiger partial charge in [-0.15, -0.1) is 0 Å². The van der Waals surface area contributed by atoms with E-state index >= 15 is 0 Å². The molecule has 5 heteroatoms. The van der Waals surface area contributed by atoms with Crippen molar-refractivity contribution in [1.82, 2.24) is 10.3 Å². The van der Waals surface area contributed by atoms with Gasteiger partial charge in [-0.2, -0.15) is 0 Å². The molecule has 1 atom stereocenters. The predicted molar refractivity (Wildman–Crippen MR) is 112 cm³/mol. The molecule has 0 bridgehead atoms. The zero-order chi connectivity index (χ0) is 20.3. The minimum Gasteiger partial charge on any atom is -0.352 e. The van der Waals surface area contributed by atoms with E-state index in [2.05, 4.69) is 10.3 Å². The van der Waals surface area contributed by atoms with Crippen molar-refractivity contribution in [3.8, 4) is 0 Å². The van der Waals surface area contributed by atoms with E-state index < -0.39 is 5.41 Å². The number of hydrogen-bond donors (Lipinski definition) is 1. The number of carbonyl (C=O) groups is 2. The summed E-state index contributed by atoms with van der Waals surface area (Å²) in [6, 6.07) is 21.4. The van der Waals surface area contributed by atoms with Gasteiger partial charge < -0.3 is 10.2 Å². The van der Waals surface area contributed by atoms with Crippen molar-refractivity contribution < 1.29 is 9.59 Å². The number of pyridine rings is 1. The number of fused-ring (bicyclic) bond motifs is 1. The van der Waals surface area contributed by atoms with E-state index in [-0.39, 0.29) is 18.2 Å². The summed E-state index contributed by atoms with van der Waals surface area (Å²) in [7, 11) is 1.78. The maximum Gasteiger partial charge on any atom is 0.238 e. The standard InChI is InChI=1S/C24H23N3O2/c1-27-21-12-6-5-11-20(21)24(23(27)29,14-18-8-3-2-4-9-18)15-22(28)26-17-19-10-7-13-25-16-19/h2-13,16H,14-15,17H2,1H3,(H,26,28). The molecule has 0 fully saturated rings. The number of aromatic nitrogens is 1. The van der Waals surface area contributed by atoms with Crippen LogP contribution in [0.1, 0.15) is 23.1 Å². The van der Waals surface area contributed by atoms with Crippen LogP contribution < -0.4 is 10.2 Å². The molecule has 2 heterocycles. The van der Waals surface area contributed by atoms with Crippen LogP contribution in [-0.4, -0.2) is 23.8 Å². The van der Waals surface area contributed by atoms with Gasteiger partial charge in [-0.3, -0.25) is 14.6 Å². The minimum absolute atomic E-state index is 0.0425. The molecule has 0 saturated heterocycles. The molecule has 2 aromatic carbocycles. The predicted octanol–water partition coefficient (Wildman–Crippen LogP) is 3.25. The summed E-state index contributed by atoms with van der Waals surface area (Å²) in [6.45, 7) is 0.389. The molecule has 2 amide bonds. The van der Waals surface area contributed by atoms with Gasteiger partial charge in [0.1, 0.15) is 0 Å². The molecule has 4 rings (SSSR count). The molecule has 146 valence electrons. The Hall–Kier alpha value is -3.47. The molecule has 0 spiro atoms. The Morgan fingerprint density at radius 1 is 1.00 bits per heavy atom. The van der Waals surface area contributed by atoms with Crippen LogP contribution in [0, 0.1) is 0 Å². The SMILES string of the molecule is CN1C(=O)C(CC(=O)NCc2cccnc2)(Cc2ccccc2)c2ccccc21. The van der Waals surface area contributed by atoms with Gasteiger partial charge in [0.25, 0.3) is 0 Å². The third-order valence-corrected chi connectivity index (χ3v) is 5.52. The highest BCUT2D eigenvalue weighted by Gasteiger charge is 2.50. The lowest BCUT2D eigenvalue weighted by atomic mass is 9.73. The fourth-order valence-electron chi connectivity index (χ4n) is 4.10. The number of likely N-dealkylation sites (N-methyl/N-ethyl adjacent to an activating group) is 1. The molecule has 1 N–H and O–H groups in total. The monoisotopic (exact) mass is 385 g/mol. The molecule has 5 nitrogen and oxygen atoms in total. The molecule has 0 aliphatic carbocycles. The molecule has 1 aliphatic rings. The highest BCUT2D eigenvalue weighted by atomic mass is 16.2. The van der Waals surface area contributed by atoms with Crippen molar-refractivity contribution in [3.05, 3.63) is 95.8 Å². The normalized spacial score (nSPS) is 17.8. The Balaban J connectivity index is 1.64. The second-order valence-corrected chi connectivity index (χ2v) is 7.44. The lowest BCUT2D eigenvalue weighted by molar-refractivity contribution is -0.129. The second-order valence-electron chi connectivity index (χ2n) is 7.44. The van der Waals surface area contributed by atoms with Gasteiger partial charge in [0, 0.05) is 38.1 Å². The number of nitrogens with one attached hydrogen (secondary N) is 1. The summed E-state index contributed by atoms with van der Waals surface area (Å²) in [5.41, 5.74) is 2.83. The maximum atomic E-state index is 13.4. The van der Waals surface area contributed by atoms with Crippen LogP contribution in [0.3, 0.4) is 0 Å². The number of amides is 2. The van der Waals surface area contributed by atoms with Crippen LogP contribution in [0.4, 0.5) is 5.69 Å². The van der Waals surface area contributed by atoms with Crippen molar-refractivity contribution in [2.24, 2.45) is 0 Å². The first-order chi connectivity index (χ1) is 14.1. The average molecular weight is 385 g/mol. The number of hydrogen-bond acceptors (Lipinski definition) is 3. The summed E-state index contributed by atoms with van der Waals surface area (Å²) >= 11 is 0. The van der Waals surface area contributed by atoms with Crippen LogP contribution in [0.5, 0.6) is 0 Å². The maximum absolute atomic E-state index is 13.4. The number of nitrogens with zero attached hydrogens (tertiary/aromatic N) is 2. The molecule has 3 aromatic rings. The number of benzene rings is 2. The Morgan fingerprint density at radius 3 is 2.48 bits per heavy atom. The first kappa shape index (κ1) is 18.9. The van der Waals surface area contributed by atoms with E-state index in [4.69, 9.17) is 0 Å². The third-order valence-electron chi connectivity index (χ3n) is 5.52. The number of rotatable bonds is 6. The van der Waals surface area contributed by atoms with E-state index in [0.717, 1.165) is 22.4 Å². The summed E-state index contributed by atoms with van der Waals surface area (Å²) in [5, 5.41) is 2.95. The molecule has 1 unspecified atom stereocenters. The van der Waals surface area contributed by atoms with Gasteiger partial charge in [0.05, 0.1) is 5.41 Å². The largest absolute Gasteiger partial charge is 0.352 e. The van der Waals surface area contributed by atoms with Gasteiger partial charge in [0.2, 0.25) is 11.8 Å². The van der Waals surface area contributed by atoms with Gasteiger partial charge in [0.15, 0.2) is 0 Å². The number of carbonyl (C=O) groups excluding carboxylic acids is 2. The van der Waals surface area contributed by atoms with Crippen molar-refractivity contribution >= 4 is 17.5 Å². The van der Waals surface area contributed by atoms with Crippen LogP contribution >= 0.6 is 0 Å².